The SMILES string of the molecule is Cc1cccc(CC(=O)Nc2c3c(nn2-c2cccc(C)c2C)C[S@@](=O)C3)c1. The number of nitrogens with one attached hydrogen (secondary N) is 1. The van der Waals surface area contributed by atoms with Gasteiger partial charge < -0.3 is 5.32 Å². The molecule has 0 aliphatic carbocycles. The first-order valence-corrected chi connectivity index (χ1v) is 10.8. The van der Waals surface area contributed by atoms with Gasteiger partial charge in [-0.1, -0.05) is 42.0 Å². The monoisotopic (exact) mass is 393 g/mol. The average Bonchev–Trinajstić information content (AvgIpc) is 3.14. The lowest BCUT2D eigenvalue weighted by molar-refractivity contribution is -0.115. The van der Waals surface area contributed by atoms with Crippen LogP contribution >= 0.6 is 0 Å². The number of rotatable bonds is 4. The molecular weight excluding hydrogens is 370 g/mol. The summed E-state index contributed by atoms with van der Waals surface area (Å²) in [4.78, 5) is 12.8. The molecule has 1 amide bonds. The van der Waals surface area contributed by atoms with Gasteiger partial charge in [0.1, 0.15) is 5.82 Å². The van der Waals surface area contributed by atoms with E-state index < -0.39 is 10.8 Å². The second-order valence-electron chi connectivity index (χ2n) is 7.35. The van der Waals surface area contributed by atoms with Crippen LogP contribution in [0.3, 0.4) is 0 Å². The minimum absolute atomic E-state index is 0.0995. The molecule has 5 nitrogen and oxygen atoms in total. The fourth-order valence-electron chi connectivity index (χ4n) is 3.58. The highest BCUT2D eigenvalue weighted by molar-refractivity contribution is 7.83. The van der Waals surface area contributed by atoms with Gasteiger partial charge in [-0.15, -0.1) is 0 Å². The van der Waals surface area contributed by atoms with Gasteiger partial charge in [0, 0.05) is 16.4 Å². The first kappa shape index (κ1) is 18.6. The third-order valence-electron chi connectivity index (χ3n) is 5.18. The van der Waals surface area contributed by atoms with E-state index in [9.17, 15) is 9.00 Å². The molecule has 0 saturated carbocycles. The van der Waals surface area contributed by atoms with Crippen molar-refractivity contribution in [1.82, 2.24) is 9.78 Å². The predicted octanol–water partition coefficient (Wildman–Crippen LogP) is 3.74. The molecule has 6 heteroatoms. The van der Waals surface area contributed by atoms with Gasteiger partial charge in [0.15, 0.2) is 0 Å². The van der Waals surface area contributed by atoms with Crippen LogP contribution in [0.1, 0.15) is 33.5 Å². The van der Waals surface area contributed by atoms with E-state index in [1.807, 2.05) is 50.2 Å². The van der Waals surface area contributed by atoms with Crippen LogP contribution in [0.15, 0.2) is 42.5 Å². The van der Waals surface area contributed by atoms with E-state index in [4.69, 9.17) is 5.10 Å². The Kier molecular flexibility index (Phi) is 4.89. The smallest absolute Gasteiger partial charge is 0.229 e. The van der Waals surface area contributed by atoms with Gasteiger partial charge >= 0.3 is 0 Å². The van der Waals surface area contributed by atoms with Crippen molar-refractivity contribution in [1.29, 1.82) is 0 Å². The van der Waals surface area contributed by atoms with Crippen LogP contribution in [0.5, 0.6) is 0 Å². The third kappa shape index (κ3) is 3.52. The number of carbonyl (C=O) groups is 1. The molecule has 4 rings (SSSR count). The molecule has 0 fully saturated rings. The van der Waals surface area contributed by atoms with E-state index in [0.717, 1.165) is 39.2 Å². The summed E-state index contributed by atoms with van der Waals surface area (Å²) in [6.45, 7) is 6.12. The Hall–Kier alpha value is -2.73. The van der Waals surface area contributed by atoms with E-state index in [1.54, 1.807) is 4.68 Å². The number of aryl methyl sites for hydroxylation is 2. The molecule has 144 valence electrons. The molecule has 0 spiro atoms. The molecular formula is C22H23N3O2S. The van der Waals surface area contributed by atoms with Crippen LogP contribution in [0.2, 0.25) is 0 Å². The van der Waals surface area contributed by atoms with Crippen molar-refractivity contribution in [3.05, 3.63) is 76.0 Å². The number of nitrogens with zero attached hydrogens (tertiary/aromatic N) is 2. The van der Waals surface area contributed by atoms with E-state index in [2.05, 4.69) is 18.3 Å². The van der Waals surface area contributed by atoms with Gasteiger partial charge in [0.05, 0.1) is 29.3 Å². The van der Waals surface area contributed by atoms with Crippen molar-refractivity contribution in [2.45, 2.75) is 38.7 Å². The molecule has 0 radical (unpaired) electrons. The molecule has 0 unspecified atom stereocenters. The maximum absolute atomic E-state index is 12.8. The topological polar surface area (TPSA) is 64.0 Å². The molecule has 3 aromatic rings. The maximum atomic E-state index is 12.8. The molecule has 1 atom stereocenters. The number of carbonyl (C=O) groups excluding carboxylic acids is 1. The fourth-order valence-corrected chi connectivity index (χ4v) is 4.84. The van der Waals surface area contributed by atoms with Crippen molar-refractivity contribution < 1.29 is 9.00 Å². The second kappa shape index (κ2) is 7.36. The number of amides is 1. The first-order valence-electron chi connectivity index (χ1n) is 9.30. The summed E-state index contributed by atoms with van der Waals surface area (Å²) in [5.41, 5.74) is 7.00. The van der Waals surface area contributed by atoms with Gasteiger partial charge in [-0.3, -0.25) is 9.00 Å². The summed E-state index contributed by atoms with van der Waals surface area (Å²) in [6.07, 6.45) is 0.289. The minimum atomic E-state index is -0.956. The summed E-state index contributed by atoms with van der Waals surface area (Å²) in [7, 11) is -0.956. The molecule has 0 bridgehead atoms. The Balaban J connectivity index is 1.70. The third-order valence-corrected chi connectivity index (χ3v) is 6.39. The number of aromatic nitrogens is 2. The lowest BCUT2D eigenvalue weighted by Crippen LogP contribution is -2.18. The van der Waals surface area contributed by atoms with Gasteiger partial charge in [-0.2, -0.15) is 5.10 Å². The van der Waals surface area contributed by atoms with Gasteiger partial charge in [0.2, 0.25) is 5.91 Å². The highest BCUT2D eigenvalue weighted by Gasteiger charge is 2.28. The van der Waals surface area contributed by atoms with E-state index >= 15 is 0 Å². The van der Waals surface area contributed by atoms with Crippen molar-refractivity contribution in [3.8, 4) is 5.69 Å². The fraction of sp³-hybridized carbons (Fsp3) is 0.273. The second-order valence-corrected chi connectivity index (χ2v) is 8.80. The van der Waals surface area contributed by atoms with Crippen molar-refractivity contribution >= 4 is 22.5 Å². The highest BCUT2D eigenvalue weighted by atomic mass is 32.2. The zero-order chi connectivity index (χ0) is 19.8. The summed E-state index contributed by atoms with van der Waals surface area (Å²) in [5.74, 6) is 1.42. The Labute approximate surface area is 167 Å². The van der Waals surface area contributed by atoms with E-state index in [1.165, 1.54) is 0 Å². The predicted molar refractivity (Wildman–Crippen MR) is 112 cm³/mol. The lowest BCUT2D eigenvalue weighted by atomic mass is 10.1. The molecule has 28 heavy (non-hydrogen) atoms. The quantitative estimate of drug-likeness (QED) is 0.734. The summed E-state index contributed by atoms with van der Waals surface area (Å²) in [6, 6.07) is 14.0. The summed E-state index contributed by atoms with van der Waals surface area (Å²) >= 11 is 0. The van der Waals surface area contributed by atoms with Crippen LogP contribution in [-0.2, 0) is 33.5 Å². The van der Waals surface area contributed by atoms with Crippen LogP contribution in [0.25, 0.3) is 5.69 Å². The van der Waals surface area contributed by atoms with Crippen LogP contribution in [-0.4, -0.2) is 19.9 Å². The Morgan fingerprint density at radius 1 is 1.14 bits per heavy atom. The van der Waals surface area contributed by atoms with Gasteiger partial charge in [-0.05, 0) is 43.5 Å². The summed E-state index contributed by atoms with van der Waals surface area (Å²) < 4.78 is 13.8. The first-order chi connectivity index (χ1) is 13.4. The van der Waals surface area contributed by atoms with Gasteiger partial charge in [-0.25, -0.2) is 4.68 Å². The number of hydrogen-bond donors (Lipinski definition) is 1. The minimum Gasteiger partial charge on any atom is -0.310 e. The van der Waals surface area contributed by atoms with Crippen LogP contribution in [0.4, 0.5) is 5.82 Å². The number of hydrogen-bond acceptors (Lipinski definition) is 3. The van der Waals surface area contributed by atoms with Crippen molar-refractivity contribution in [2.75, 3.05) is 5.32 Å². The Morgan fingerprint density at radius 2 is 1.93 bits per heavy atom. The molecule has 1 aliphatic heterocycles. The molecule has 0 saturated heterocycles. The highest BCUT2D eigenvalue weighted by Crippen LogP contribution is 2.32. The maximum Gasteiger partial charge on any atom is 0.229 e. The van der Waals surface area contributed by atoms with Gasteiger partial charge in [0.25, 0.3) is 0 Å². The number of anilines is 1. The molecule has 2 aromatic carbocycles. The van der Waals surface area contributed by atoms with E-state index in [0.29, 0.717) is 17.3 Å². The average molecular weight is 394 g/mol. The van der Waals surface area contributed by atoms with E-state index in [-0.39, 0.29) is 12.3 Å². The van der Waals surface area contributed by atoms with Crippen molar-refractivity contribution in [2.24, 2.45) is 0 Å². The number of benzene rings is 2. The van der Waals surface area contributed by atoms with Crippen LogP contribution in [0, 0.1) is 20.8 Å². The van der Waals surface area contributed by atoms with Crippen molar-refractivity contribution in [3.63, 3.8) is 0 Å². The normalized spacial score (nSPS) is 15.5. The zero-order valence-electron chi connectivity index (χ0n) is 16.3. The standard InChI is InChI=1S/C22H23N3O2S/c1-14-6-4-8-17(10-14)11-21(26)23-22-18-12-28(27)13-19(18)24-25(22)20-9-5-7-15(2)16(20)3/h4-10H,11-13H2,1-3H3,(H,23,26)/t28-/m0/s1. The summed E-state index contributed by atoms with van der Waals surface area (Å²) in [5, 5.41) is 7.75. The Morgan fingerprint density at radius 3 is 2.71 bits per heavy atom. The largest absolute Gasteiger partial charge is 0.310 e. The lowest BCUT2D eigenvalue weighted by Gasteiger charge is -2.14. The van der Waals surface area contributed by atoms with Crippen LogP contribution < -0.4 is 5.32 Å². The Bertz CT molecular complexity index is 1100. The molecule has 1 N–H and O–H groups in total. The molecule has 1 aromatic heterocycles. The number of fused-ring (bicyclic) bond motifs is 1. The molecule has 1 aliphatic rings. The molecule has 2 heterocycles. The zero-order valence-corrected chi connectivity index (χ0v) is 17.1.